The van der Waals surface area contributed by atoms with Gasteiger partial charge in [0.15, 0.2) is 0 Å². The van der Waals surface area contributed by atoms with E-state index in [4.69, 9.17) is 5.26 Å². The zero-order chi connectivity index (χ0) is 13.5. The van der Waals surface area contributed by atoms with E-state index in [1.54, 1.807) is 0 Å². The van der Waals surface area contributed by atoms with Gasteiger partial charge in [-0.25, -0.2) is 0 Å². The highest BCUT2D eigenvalue weighted by Crippen LogP contribution is 2.18. The molecule has 0 saturated heterocycles. The van der Waals surface area contributed by atoms with E-state index in [1.165, 1.54) is 0 Å². The summed E-state index contributed by atoms with van der Waals surface area (Å²) in [5.41, 5.74) is -0.0830. The molecule has 0 rings (SSSR count). The van der Waals surface area contributed by atoms with Crippen LogP contribution in [0.2, 0.25) is 0 Å². The number of hydrogen-bond donors (Lipinski definition) is 1. The molecule has 0 aliphatic carbocycles. The van der Waals surface area contributed by atoms with E-state index in [0.717, 1.165) is 32.2 Å². The van der Waals surface area contributed by atoms with Gasteiger partial charge in [0.2, 0.25) is 0 Å². The molecule has 0 aromatic carbocycles. The first kappa shape index (κ1) is 16.4. The Labute approximate surface area is 107 Å². The van der Waals surface area contributed by atoms with E-state index in [0.29, 0.717) is 0 Å². The fourth-order valence-corrected chi connectivity index (χ4v) is 1.64. The molecule has 0 aromatic heterocycles. The van der Waals surface area contributed by atoms with Crippen LogP contribution in [0.3, 0.4) is 0 Å². The molecule has 0 aromatic rings. The summed E-state index contributed by atoms with van der Waals surface area (Å²) in [6.45, 7) is 9.85. The Hall–Kier alpha value is -0.590. The Morgan fingerprint density at radius 2 is 1.82 bits per heavy atom. The minimum Gasteiger partial charge on any atom is -0.303 e. The Balaban J connectivity index is 3.91. The molecule has 1 atom stereocenters. The van der Waals surface area contributed by atoms with E-state index in [-0.39, 0.29) is 11.1 Å². The lowest BCUT2D eigenvalue weighted by atomic mass is 9.96. The zero-order valence-corrected chi connectivity index (χ0v) is 12.4. The van der Waals surface area contributed by atoms with Gasteiger partial charge in [-0.2, -0.15) is 5.26 Å². The summed E-state index contributed by atoms with van der Waals surface area (Å²) in [4.78, 5) is 2.41. The van der Waals surface area contributed by atoms with E-state index in [2.05, 4.69) is 44.1 Å². The molecule has 1 N–H and O–H groups in total. The molecule has 0 aliphatic heterocycles. The van der Waals surface area contributed by atoms with Crippen molar-refractivity contribution in [2.75, 3.05) is 20.6 Å². The Kier molecular flexibility index (Phi) is 6.74. The average molecular weight is 239 g/mol. The van der Waals surface area contributed by atoms with Gasteiger partial charge in [-0.15, -0.1) is 0 Å². The number of unbranched alkanes of at least 4 members (excludes halogenated alkanes) is 1. The summed E-state index contributed by atoms with van der Waals surface area (Å²) in [6.07, 6.45) is 4.32. The monoisotopic (exact) mass is 239 g/mol. The summed E-state index contributed by atoms with van der Waals surface area (Å²) < 4.78 is 0. The highest BCUT2D eigenvalue weighted by Gasteiger charge is 2.22. The molecule has 17 heavy (non-hydrogen) atoms. The van der Waals surface area contributed by atoms with Crippen molar-refractivity contribution >= 4 is 0 Å². The Morgan fingerprint density at radius 1 is 1.24 bits per heavy atom. The third kappa shape index (κ3) is 5.52. The van der Waals surface area contributed by atoms with Crippen molar-refractivity contribution in [1.82, 2.24) is 10.2 Å². The fourth-order valence-electron chi connectivity index (χ4n) is 1.64. The van der Waals surface area contributed by atoms with Gasteiger partial charge >= 0.3 is 0 Å². The van der Waals surface area contributed by atoms with Crippen LogP contribution in [0.1, 0.15) is 53.4 Å². The maximum atomic E-state index is 9.04. The van der Waals surface area contributed by atoms with Crippen LogP contribution in [0.4, 0.5) is 0 Å². The van der Waals surface area contributed by atoms with Crippen molar-refractivity contribution in [3.63, 3.8) is 0 Å². The van der Waals surface area contributed by atoms with Gasteiger partial charge in [0, 0.05) is 5.54 Å². The topological polar surface area (TPSA) is 39.1 Å². The van der Waals surface area contributed by atoms with Gasteiger partial charge in [-0.3, -0.25) is 0 Å². The van der Waals surface area contributed by atoms with Crippen molar-refractivity contribution in [3.8, 4) is 6.07 Å². The van der Waals surface area contributed by atoms with Gasteiger partial charge in [0.05, 0.1) is 6.07 Å². The van der Waals surface area contributed by atoms with Crippen LogP contribution in [-0.4, -0.2) is 36.6 Å². The first-order chi connectivity index (χ1) is 7.81. The maximum Gasteiger partial charge on any atom is 0.103 e. The van der Waals surface area contributed by atoms with Crippen molar-refractivity contribution in [2.45, 2.75) is 64.5 Å². The first-order valence-corrected chi connectivity index (χ1v) is 6.62. The third-order valence-corrected chi connectivity index (χ3v) is 4.12. The molecule has 3 nitrogen and oxygen atoms in total. The number of nitrogens with one attached hydrogen (secondary N) is 1. The molecule has 0 fully saturated rings. The lowest BCUT2D eigenvalue weighted by molar-refractivity contribution is 0.147. The molecule has 0 radical (unpaired) electrons. The average Bonchev–Trinajstić information content (AvgIpc) is 2.33. The van der Waals surface area contributed by atoms with Crippen LogP contribution < -0.4 is 5.32 Å². The lowest BCUT2D eigenvalue weighted by Gasteiger charge is -2.35. The second-order valence-electron chi connectivity index (χ2n) is 5.74. The van der Waals surface area contributed by atoms with E-state index < -0.39 is 0 Å². The van der Waals surface area contributed by atoms with Crippen molar-refractivity contribution in [2.24, 2.45) is 0 Å². The van der Waals surface area contributed by atoms with Crippen molar-refractivity contribution < 1.29 is 0 Å². The first-order valence-electron chi connectivity index (χ1n) is 6.62. The highest BCUT2D eigenvalue weighted by molar-refractivity contribution is 5.02. The van der Waals surface area contributed by atoms with Gasteiger partial charge < -0.3 is 10.2 Å². The second-order valence-corrected chi connectivity index (χ2v) is 5.74. The molecular weight excluding hydrogens is 210 g/mol. The largest absolute Gasteiger partial charge is 0.303 e. The van der Waals surface area contributed by atoms with Crippen LogP contribution in [0.25, 0.3) is 0 Å². The van der Waals surface area contributed by atoms with Gasteiger partial charge in [0.1, 0.15) is 5.54 Å². The highest BCUT2D eigenvalue weighted by atomic mass is 15.2. The summed E-state index contributed by atoms with van der Waals surface area (Å²) in [5.74, 6) is 0. The summed E-state index contributed by atoms with van der Waals surface area (Å²) in [6, 6.07) is 2.33. The Bertz CT molecular complexity index is 255. The molecule has 0 saturated carbocycles. The number of hydrogen-bond acceptors (Lipinski definition) is 3. The number of nitriles is 1. The van der Waals surface area contributed by atoms with Crippen LogP contribution in [-0.2, 0) is 0 Å². The normalized spacial score (nSPS) is 15.6. The van der Waals surface area contributed by atoms with Crippen molar-refractivity contribution in [3.05, 3.63) is 0 Å². The molecule has 0 heterocycles. The minimum absolute atomic E-state index is 0.279. The van der Waals surface area contributed by atoms with E-state index in [1.807, 2.05) is 14.0 Å². The van der Waals surface area contributed by atoms with Gasteiger partial charge in [-0.1, -0.05) is 6.92 Å². The predicted octanol–water partition coefficient (Wildman–Crippen LogP) is 2.78. The zero-order valence-electron chi connectivity index (χ0n) is 12.4. The third-order valence-electron chi connectivity index (χ3n) is 4.12. The minimum atomic E-state index is -0.362. The SMILES string of the molecule is CCC(C)(C)N(C)CCCCC(C)(C#N)NC. The second kappa shape index (κ2) is 6.98. The summed E-state index contributed by atoms with van der Waals surface area (Å²) in [7, 11) is 4.04. The standard InChI is InChI=1S/C14H29N3/c1-7-13(2,3)17(6)11-9-8-10-14(4,12-15)16-5/h16H,7-11H2,1-6H3. The molecule has 3 heteroatoms. The van der Waals surface area contributed by atoms with Crippen LogP contribution >= 0.6 is 0 Å². The van der Waals surface area contributed by atoms with E-state index >= 15 is 0 Å². The fraction of sp³-hybridized carbons (Fsp3) is 0.929. The molecular formula is C14H29N3. The predicted molar refractivity (Wildman–Crippen MR) is 73.9 cm³/mol. The van der Waals surface area contributed by atoms with Crippen LogP contribution in [0.5, 0.6) is 0 Å². The summed E-state index contributed by atoms with van der Waals surface area (Å²) in [5, 5.41) is 12.1. The van der Waals surface area contributed by atoms with Gasteiger partial charge in [0.25, 0.3) is 0 Å². The van der Waals surface area contributed by atoms with Crippen LogP contribution in [0.15, 0.2) is 0 Å². The van der Waals surface area contributed by atoms with Crippen LogP contribution in [0, 0.1) is 11.3 Å². The molecule has 1 unspecified atom stereocenters. The number of rotatable bonds is 8. The Morgan fingerprint density at radius 3 is 2.24 bits per heavy atom. The smallest absolute Gasteiger partial charge is 0.103 e. The van der Waals surface area contributed by atoms with Gasteiger partial charge in [-0.05, 0) is 67.1 Å². The number of nitrogens with zero attached hydrogens (tertiary/aromatic N) is 2. The quantitative estimate of drug-likeness (QED) is 0.662. The molecule has 0 bridgehead atoms. The van der Waals surface area contributed by atoms with E-state index in [9.17, 15) is 0 Å². The lowest BCUT2D eigenvalue weighted by Crippen LogP contribution is -2.41. The maximum absolute atomic E-state index is 9.04. The van der Waals surface area contributed by atoms with Crippen molar-refractivity contribution in [1.29, 1.82) is 5.26 Å². The molecule has 0 amide bonds. The summed E-state index contributed by atoms with van der Waals surface area (Å²) >= 11 is 0. The molecule has 100 valence electrons. The molecule has 0 spiro atoms. The molecule has 0 aliphatic rings.